The lowest BCUT2D eigenvalue weighted by Gasteiger charge is -2.27. The molecule has 2 heterocycles. The number of anilines is 1. The third-order valence-electron chi connectivity index (χ3n) is 5.51. The summed E-state index contributed by atoms with van der Waals surface area (Å²) in [5, 5.41) is 0.784. The predicted molar refractivity (Wildman–Crippen MR) is 124 cm³/mol. The minimum absolute atomic E-state index is 0.0223. The number of morpholine rings is 1. The van der Waals surface area contributed by atoms with Crippen LogP contribution in [0.4, 0.5) is 5.13 Å². The summed E-state index contributed by atoms with van der Waals surface area (Å²) >= 11 is 1.61. The van der Waals surface area contributed by atoms with Gasteiger partial charge in [0.05, 0.1) is 23.4 Å². The Hall–Kier alpha value is -2.28. The first-order valence-electron chi connectivity index (χ1n) is 10.6. The quantitative estimate of drug-likeness (QED) is 0.582. The average molecular weight is 424 g/mol. The lowest BCUT2D eigenvalue weighted by molar-refractivity contribution is 0.0376. The number of aryl methyl sites for hydroxylation is 3. The number of ether oxygens (including phenoxy) is 1. The van der Waals surface area contributed by atoms with Crippen LogP contribution in [0.5, 0.6) is 0 Å². The van der Waals surface area contributed by atoms with Gasteiger partial charge in [-0.1, -0.05) is 35.1 Å². The first-order valence-corrected chi connectivity index (χ1v) is 11.4. The molecule has 1 aliphatic rings. The molecular weight excluding hydrogens is 394 g/mol. The van der Waals surface area contributed by atoms with Crippen LogP contribution in [-0.2, 0) is 4.74 Å². The Morgan fingerprint density at radius 3 is 2.70 bits per heavy atom. The van der Waals surface area contributed by atoms with Gasteiger partial charge in [0.1, 0.15) is 0 Å². The van der Waals surface area contributed by atoms with Gasteiger partial charge in [-0.2, -0.15) is 0 Å². The van der Waals surface area contributed by atoms with Crippen molar-refractivity contribution in [1.29, 1.82) is 0 Å². The van der Waals surface area contributed by atoms with E-state index in [0.717, 1.165) is 60.2 Å². The van der Waals surface area contributed by atoms with Gasteiger partial charge in [0.25, 0.3) is 5.91 Å². The Balaban J connectivity index is 1.60. The molecule has 1 amide bonds. The summed E-state index contributed by atoms with van der Waals surface area (Å²) in [4.78, 5) is 22.6. The Morgan fingerprint density at radius 1 is 1.13 bits per heavy atom. The van der Waals surface area contributed by atoms with Crippen molar-refractivity contribution in [1.82, 2.24) is 9.88 Å². The Kier molecular flexibility index (Phi) is 6.46. The minimum Gasteiger partial charge on any atom is -0.379 e. The third-order valence-corrected chi connectivity index (χ3v) is 6.74. The molecule has 2 aromatic carbocycles. The second kappa shape index (κ2) is 9.25. The molecule has 0 N–H and O–H groups in total. The molecule has 1 aliphatic heterocycles. The zero-order chi connectivity index (χ0) is 21.1. The van der Waals surface area contributed by atoms with E-state index in [1.165, 1.54) is 11.1 Å². The summed E-state index contributed by atoms with van der Waals surface area (Å²) in [6, 6.07) is 12.1. The molecule has 6 heteroatoms. The van der Waals surface area contributed by atoms with Crippen molar-refractivity contribution in [2.75, 3.05) is 44.3 Å². The molecule has 0 bridgehead atoms. The molecule has 5 nitrogen and oxygen atoms in total. The van der Waals surface area contributed by atoms with Crippen LogP contribution in [0, 0.1) is 20.8 Å². The van der Waals surface area contributed by atoms with Crippen LogP contribution in [0.25, 0.3) is 10.2 Å². The fourth-order valence-corrected chi connectivity index (χ4v) is 5.02. The van der Waals surface area contributed by atoms with Crippen molar-refractivity contribution in [3.63, 3.8) is 0 Å². The molecule has 0 atom stereocenters. The average Bonchev–Trinajstić information content (AvgIpc) is 3.15. The number of aromatic nitrogens is 1. The summed E-state index contributed by atoms with van der Waals surface area (Å²) < 4.78 is 6.60. The second-order valence-electron chi connectivity index (χ2n) is 8.06. The predicted octanol–water partition coefficient (Wildman–Crippen LogP) is 4.59. The number of carbonyl (C=O) groups excluding carboxylic acids is 1. The van der Waals surface area contributed by atoms with Gasteiger partial charge in [0, 0.05) is 31.7 Å². The Bertz CT molecular complexity index is 1040. The van der Waals surface area contributed by atoms with Gasteiger partial charge >= 0.3 is 0 Å². The maximum atomic E-state index is 13.5. The highest BCUT2D eigenvalue weighted by atomic mass is 32.1. The van der Waals surface area contributed by atoms with E-state index in [1.807, 2.05) is 36.1 Å². The molecule has 158 valence electrons. The van der Waals surface area contributed by atoms with E-state index in [4.69, 9.17) is 9.72 Å². The van der Waals surface area contributed by atoms with E-state index in [0.29, 0.717) is 12.1 Å². The van der Waals surface area contributed by atoms with Gasteiger partial charge in [0.15, 0.2) is 5.13 Å². The number of nitrogens with zero attached hydrogens (tertiary/aromatic N) is 3. The topological polar surface area (TPSA) is 45.7 Å². The third kappa shape index (κ3) is 4.72. The van der Waals surface area contributed by atoms with Gasteiger partial charge in [-0.25, -0.2) is 4.98 Å². The van der Waals surface area contributed by atoms with Crippen LogP contribution in [0.3, 0.4) is 0 Å². The molecule has 0 spiro atoms. The number of rotatable bonds is 6. The molecule has 1 aromatic heterocycles. The smallest absolute Gasteiger partial charge is 0.260 e. The highest BCUT2D eigenvalue weighted by molar-refractivity contribution is 7.22. The Labute approximate surface area is 182 Å². The summed E-state index contributed by atoms with van der Waals surface area (Å²) in [5.41, 5.74) is 5.19. The second-order valence-corrected chi connectivity index (χ2v) is 9.04. The molecule has 0 radical (unpaired) electrons. The summed E-state index contributed by atoms with van der Waals surface area (Å²) in [5.74, 6) is 0.0223. The van der Waals surface area contributed by atoms with Crippen molar-refractivity contribution in [2.45, 2.75) is 27.2 Å². The fraction of sp³-hybridized carbons (Fsp3) is 0.417. The van der Waals surface area contributed by atoms with Crippen LogP contribution >= 0.6 is 11.3 Å². The number of fused-ring (bicyclic) bond motifs is 1. The monoisotopic (exact) mass is 423 g/mol. The maximum Gasteiger partial charge on any atom is 0.260 e. The van der Waals surface area contributed by atoms with Crippen molar-refractivity contribution < 1.29 is 9.53 Å². The molecule has 0 saturated carbocycles. The van der Waals surface area contributed by atoms with Gasteiger partial charge in [-0.15, -0.1) is 0 Å². The zero-order valence-electron chi connectivity index (χ0n) is 18.0. The maximum absolute atomic E-state index is 13.5. The SMILES string of the molecule is Cc1cccc(C(=O)N(CCCN2CCOCC2)c2nc3cc(C)cc(C)c3s2)c1. The van der Waals surface area contributed by atoms with Crippen molar-refractivity contribution in [3.8, 4) is 0 Å². The van der Waals surface area contributed by atoms with Crippen LogP contribution in [-0.4, -0.2) is 55.2 Å². The molecule has 1 fully saturated rings. The molecule has 3 aromatic rings. The van der Waals surface area contributed by atoms with E-state index in [2.05, 4.69) is 30.9 Å². The van der Waals surface area contributed by atoms with E-state index in [9.17, 15) is 4.79 Å². The fourth-order valence-electron chi connectivity index (χ4n) is 3.98. The largest absolute Gasteiger partial charge is 0.379 e. The highest BCUT2D eigenvalue weighted by Gasteiger charge is 2.22. The lowest BCUT2D eigenvalue weighted by atomic mass is 10.1. The minimum atomic E-state index is 0.0223. The summed E-state index contributed by atoms with van der Waals surface area (Å²) in [6.07, 6.45) is 0.908. The van der Waals surface area contributed by atoms with Crippen molar-refractivity contribution >= 4 is 32.6 Å². The van der Waals surface area contributed by atoms with Gasteiger partial charge in [0.2, 0.25) is 0 Å². The highest BCUT2D eigenvalue weighted by Crippen LogP contribution is 2.33. The van der Waals surface area contributed by atoms with Gasteiger partial charge < -0.3 is 4.74 Å². The van der Waals surface area contributed by atoms with Crippen LogP contribution < -0.4 is 4.90 Å². The van der Waals surface area contributed by atoms with E-state index < -0.39 is 0 Å². The molecule has 0 unspecified atom stereocenters. The number of amides is 1. The number of hydrogen-bond acceptors (Lipinski definition) is 5. The molecule has 1 saturated heterocycles. The summed E-state index contributed by atoms with van der Waals surface area (Å²) in [7, 11) is 0. The van der Waals surface area contributed by atoms with E-state index >= 15 is 0 Å². The number of carbonyl (C=O) groups is 1. The molecule has 0 aliphatic carbocycles. The summed E-state index contributed by atoms with van der Waals surface area (Å²) in [6.45, 7) is 11.4. The van der Waals surface area contributed by atoms with Crippen molar-refractivity contribution in [2.24, 2.45) is 0 Å². The number of thiazole rings is 1. The first-order chi connectivity index (χ1) is 14.5. The Morgan fingerprint density at radius 2 is 1.93 bits per heavy atom. The van der Waals surface area contributed by atoms with E-state index in [1.54, 1.807) is 11.3 Å². The zero-order valence-corrected chi connectivity index (χ0v) is 18.8. The van der Waals surface area contributed by atoms with Crippen LogP contribution in [0.1, 0.15) is 33.5 Å². The molecule has 30 heavy (non-hydrogen) atoms. The molecular formula is C24H29N3O2S. The molecule has 4 rings (SSSR count). The van der Waals surface area contributed by atoms with Crippen LogP contribution in [0.2, 0.25) is 0 Å². The van der Waals surface area contributed by atoms with Crippen LogP contribution in [0.15, 0.2) is 36.4 Å². The first kappa shape index (κ1) is 21.0. The normalized spacial score (nSPS) is 14.9. The lowest BCUT2D eigenvalue weighted by Crippen LogP contribution is -2.39. The van der Waals surface area contributed by atoms with Gasteiger partial charge in [-0.05, 0) is 56.5 Å². The van der Waals surface area contributed by atoms with Gasteiger partial charge in [-0.3, -0.25) is 14.6 Å². The van der Waals surface area contributed by atoms with Crippen molar-refractivity contribution in [3.05, 3.63) is 58.7 Å². The number of hydrogen-bond donors (Lipinski definition) is 0. The standard InChI is InChI=1S/C24H29N3O2S/c1-17-6-4-7-20(15-17)23(28)27(9-5-8-26-10-12-29-13-11-26)24-25-21-16-18(2)14-19(3)22(21)30-24/h4,6-7,14-16H,5,8-13H2,1-3H3. The van der Waals surface area contributed by atoms with E-state index in [-0.39, 0.29) is 5.91 Å². The number of benzene rings is 2.